The molecule has 182 valence electrons. The van der Waals surface area contributed by atoms with Crippen molar-refractivity contribution in [3.05, 3.63) is 43.0 Å². The first-order valence-electron chi connectivity index (χ1n) is 10.7. The summed E-state index contributed by atoms with van der Waals surface area (Å²) in [5.41, 5.74) is 1.65. The summed E-state index contributed by atoms with van der Waals surface area (Å²) in [5, 5.41) is 30.4. The molecule has 0 radical (unpaired) electrons. The van der Waals surface area contributed by atoms with Crippen molar-refractivity contribution in [3.63, 3.8) is 0 Å². The first kappa shape index (κ1) is 25.0. The number of aliphatic carboxylic acids is 1. The number of nitrogens with zero attached hydrogens (tertiary/aromatic N) is 4. The van der Waals surface area contributed by atoms with E-state index in [0.717, 1.165) is 12.8 Å². The highest BCUT2D eigenvalue weighted by atomic mass is 16.5. The van der Waals surface area contributed by atoms with Crippen LogP contribution >= 0.6 is 0 Å². The third kappa shape index (κ3) is 7.47. The number of imidazole rings is 1. The quantitative estimate of drug-likeness (QED) is 0.338. The smallest absolute Gasteiger partial charge is 0.324 e. The number of anilines is 2. The fraction of sp³-hybridized carbons (Fsp3) is 0.409. The standard InChI is InChI=1S/C19H20N6O4.C3H8O2/c26-15(27)9-7-13-6-8-14(29-13)25-11-22-16-17(20-10-21-18(16)25)24-19(28)23-12-4-2-1-3-5-12;1-3(2,4)5/h1-5,10-11,13-14H,6-9H2,(H,26,27)(H2,20,21,23,24,28);4-5H,1-2H3. The number of aromatic nitrogens is 4. The number of aliphatic hydroxyl groups is 2. The van der Waals surface area contributed by atoms with Crippen LogP contribution in [0.3, 0.4) is 0 Å². The fourth-order valence-electron chi connectivity index (χ4n) is 3.33. The van der Waals surface area contributed by atoms with Crippen LogP contribution < -0.4 is 10.6 Å². The molecule has 4 rings (SSSR count). The Bertz CT molecular complexity index is 1110. The van der Waals surface area contributed by atoms with Crippen LogP contribution in [-0.4, -0.2) is 58.7 Å². The second kappa shape index (κ2) is 11.0. The number of benzene rings is 1. The molecule has 2 amide bonds. The molecule has 5 N–H and O–H groups in total. The molecule has 1 saturated heterocycles. The molecule has 2 unspecified atom stereocenters. The van der Waals surface area contributed by atoms with Gasteiger partial charge in [-0.15, -0.1) is 0 Å². The van der Waals surface area contributed by atoms with E-state index in [1.807, 2.05) is 18.2 Å². The van der Waals surface area contributed by atoms with Crippen molar-refractivity contribution >= 4 is 34.7 Å². The van der Waals surface area contributed by atoms with E-state index in [2.05, 4.69) is 25.6 Å². The number of carbonyl (C=O) groups excluding carboxylic acids is 1. The molecule has 12 nitrogen and oxygen atoms in total. The fourth-order valence-corrected chi connectivity index (χ4v) is 3.33. The van der Waals surface area contributed by atoms with Gasteiger partial charge in [-0.25, -0.2) is 19.7 Å². The normalized spacial score (nSPS) is 17.6. The van der Waals surface area contributed by atoms with Crippen molar-refractivity contribution in [1.29, 1.82) is 0 Å². The van der Waals surface area contributed by atoms with Gasteiger partial charge in [-0.1, -0.05) is 18.2 Å². The molecule has 2 aromatic heterocycles. The van der Waals surface area contributed by atoms with Crippen molar-refractivity contribution in [2.24, 2.45) is 0 Å². The summed E-state index contributed by atoms with van der Waals surface area (Å²) in [7, 11) is 0. The second-order valence-electron chi connectivity index (χ2n) is 8.21. The van der Waals surface area contributed by atoms with E-state index in [-0.39, 0.29) is 18.8 Å². The zero-order chi connectivity index (χ0) is 24.7. The van der Waals surface area contributed by atoms with Gasteiger partial charge < -0.3 is 25.4 Å². The number of amides is 2. The van der Waals surface area contributed by atoms with Crippen LogP contribution in [0.2, 0.25) is 0 Å². The van der Waals surface area contributed by atoms with E-state index in [1.165, 1.54) is 20.2 Å². The van der Waals surface area contributed by atoms with Crippen LogP contribution in [0.15, 0.2) is 43.0 Å². The number of rotatable bonds is 6. The lowest BCUT2D eigenvalue weighted by Crippen LogP contribution is -2.20. The third-order valence-corrected chi connectivity index (χ3v) is 4.70. The summed E-state index contributed by atoms with van der Waals surface area (Å²) in [6, 6.07) is 8.64. The van der Waals surface area contributed by atoms with Gasteiger partial charge in [-0.3, -0.25) is 14.7 Å². The summed E-state index contributed by atoms with van der Waals surface area (Å²) in [5.74, 6) is -2.04. The van der Waals surface area contributed by atoms with E-state index >= 15 is 0 Å². The van der Waals surface area contributed by atoms with Crippen LogP contribution in [0, 0.1) is 0 Å². The van der Waals surface area contributed by atoms with Gasteiger partial charge in [0.05, 0.1) is 12.4 Å². The van der Waals surface area contributed by atoms with E-state index in [1.54, 1.807) is 23.0 Å². The number of carboxylic acid groups (broad SMARTS) is 1. The van der Waals surface area contributed by atoms with E-state index in [4.69, 9.17) is 20.1 Å². The number of ether oxygens (including phenoxy) is 1. The number of carbonyl (C=O) groups is 2. The molecule has 2 atom stereocenters. The van der Waals surface area contributed by atoms with Crippen LogP contribution in [-0.2, 0) is 9.53 Å². The van der Waals surface area contributed by atoms with Crippen molar-refractivity contribution in [2.75, 3.05) is 10.6 Å². The number of hydrogen-bond donors (Lipinski definition) is 5. The molecule has 3 heterocycles. The number of para-hydroxylation sites is 1. The highest BCUT2D eigenvalue weighted by Gasteiger charge is 2.28. The molecule has 1 aromatic carbocycles. The molecule has 0 aliphatic carbocycles. The average Bonchev–Trinajstić information content (AvgIpc) is 3.39. The molecule has 0 saturated carbocycles. The van der Waals surface area contributed by atoms with Crippen LogP contribution in [0.4, 0.5) is 16.3 Å². The lowest BCUT2D eigenvalue weighted by Gasteiger charge is -2.14. The molecule has 0 bridgehead atoms. The molecule has 0 spiro atoms. The molecule has 1 aliphatic rings. The second-order valence-corrected chi connectivity index (χ2v) is 8.21. The van der Waals surface area contributed by atoms with E-state index < -0.39 is 17.8 Å². The molecule has 12 heteroatoms. The molecule has 34 heavy (non-hydrogen) atoms. The Hall–Kier alpha value is -3.61. The minimum absolute atomic E-state index is 0.0782. The minimum atomic E-state index is -1.50. The lowest BCUT2D eigenvalue weighted by molar-refractivity contribution is -0.138. The predicted octanol–water partition coefficient (Wildman–Crippen LogP) is 2.72. The Morgan fingerprint density at radius 3 is 2.50 bits per heavy atom. The van der Waals surface area contributed by atoms with Gasteiger partial charge in [-0.2, -0.15) is 0 Å². The number of fused-ring (bicyclic) bond motifs is 1. The summed E-state index contributed by atoms with van der Waals surface area (Å²) >= 11 is 0. The maximum Gasteiger partial charge on any atom is 0.324 e. The number of urea groups is 1. The number of hydrogen-bond acceptors (Lipinski definition) is 8. The monoisotopic (exact) mass is 472 g/mol. The van der Waals surface area contributed by atoms with Gasteiger partial charge in [0.2, 0.25) is 0 Å². The molecule has 3 aromatic rings. The first-order chi connectivity index (χ1) is 16.1. The van der Waals surface area contributed by atoms with Gasteiger partial charge in [0, 0.05) is 12.1 Å². The Morgan fingerprint density at radius 1 is 1.12 bits per heavy atom. The highest BCUT2D eigenvalue weighted by Crippen LogP contribution is 2.33. The first-order valence-corrected chi connectivity index (χ1v) is 10.7. The molecule has 1 fully saturated rings. The summed E-state index contributed by atoms with van der Waals surface area (Å²) in [6.07, 6.45) is 4.63. The minimum Gasteiger partial charge on any atom is -0.481 e. The summed E-state index contributed by atoms with van der Waals surface area (Å²) in [4.78, 5) is 35.8. The number of nitrogens with one attached hydrogen (secondary N) is 2. The van der Waals surface area contributed by atoms with Crippen LogP contribution in [0.5, 0.6) is 0 Å². The molecular weight excluding hydrogens is 444 g/mol. The topological polar surface area (TPSA) is 172 Å². The Morgan fingerprint density at radius 2 is 1.82 bits per heavy atom. The Labute approximate surface area is 195 Å². The van der Waals surface area contributed by atoms with Crippen LogP contribution in [0.1, 0.15) is 45.8 Å². The maximum atomic E-state index is 12.3. The third-order valence-electron chi connectivity index (χ3n) is 4.70. The van der Waals surface area contributed by atoms with Gasteiger partial charge in [0.25, 0.3) is 0 Å². The largest absolute Gasteiger partial charge is 0.481 e. The Kier molecular flexibility index (Phi) is 8.10. The Balaban J connectivity index is 0.000000588. The van der Waals surface area contributed by atoms with E-state index in [0.29, 0.717) is 29.1 Å². The van der Waals surface area contributed by atoms with E-state index in [9.17, 15) is 9.59 Å². The SMILES string of the molecule is CC(C)(O)O.O=C(O)CCC1CCC(n2cnc3c(NC(=O)Nc4ccccc4)ncnc32)O1. The van der Waals surface area contributed by atoms with Crippen molar-refractivity contribution in [3.8, 4) is 0 Å². The van der Waals surface area contributed by atoms with Crippen molar-refractivity contribution in [1.82, 2.24) is 19.5 Å². The predicted molar refractivity (Wildman–Crippen MR) is 123 cm³/mol. The average molecular weight is 473 g/mol. The number of carboxylic acids is 1. The van der Waals surface area contributed by atoms with Gasteiger partial charge in [-0.05, 0) is 45.2 Å². The highest BCUT2D eigenvalue weighted by molar-refractivity contribution is 6.02. The van der Waals surface area contributed by atoms with Gasteiger partial charge in [0.15, 0.2) is 22.8 Å². The molecule has 1 aliphatic heterocycles. The van der Waals surface area contributed by atoms with Crippen molar-refractivity contribution < 1.29 is 29.6 Å². The maximum absolute atomic E-state index is 12.3. The van der Waals surface area contributed by atoms with Crippen LogP contribution in [0.25, 0.3) is 11.2 Å². The van der Waals surface area contributed by atoms with Gasteiger partial charge in [0.1, 0.15) is 12.6 Å². The van der Waals surface area contributed by atoms with Crippen molar-refractivity contribution in [2.45, 2.75) is 57.6 Å². The zero-order valence-electron chi connectivity index (χ0n) is 18.9. The molecular formula is C22H28N6O6. The summed E-state index contributed by atoms with van der Waals surface area (Å²) in [6.45, 7) is 2.60. The summed E-state index contributed by atoms with van der Waals surface area (Å²) < 4.78 is 7.75. The van der Waals surface area contributed by atoms with Gasteiger partial charge >= 0.3 is 12.0 Å². The zero-order valence-corrected chi connectivity index (χ0v) is 18.9. The lowest BCUT2D eigenvalue weighted by atomic mass is 10.1.